The van der Waals surface area contributed by atoms with Crippen molar-refractivity contribution in [1.82, 2.24) is 5.32 Å². The summed E-state index contributed by atoms with van der Waals surface area (Å²) < 4.78 is 0. The molecule has 0 bridgehead atoms. The van der Waals surface area contributed by atoms with Gasteiger partial charge >= 0.3 is 0 Å². The molecule has 0 fully saturated rings. The maximum Gasteiger partial charge on any atom is 0.0524 e. The van der Waals surface area contributed by atoms with Crippen molar-refractivity contribution in [2.75, 3.05) is 18.6 Å². The van der Waals surface area contributed by atoms with Crippen LogP contribution in [0.3, 0.4) is 0 Å². The number of rotatable bonds is 7. The molecule has 74 valence electrons. The molecule has 0 aliphatic carbocycles. The lowest BCUT2D eigenvalue weighted by Crippen LogP contribution is -2.29. The molecule has 0 heterocycles. The van der Waals surface area contributed by atoms with Crippen molar-refractivity contribution in [2.24, 2.45) is 0 Å². The second kappa shape index (κ2) is 7.90. The van der Waals surface area contributed by atoms with Crippen LogP contribution in [0.1, 0.15) is 26.7 Å². The molecule has 0 aromatic carbocycles. The Balaban J connectivity index is 3.13. The summed E-state index contributed by atoms with van der Waals surface area (Å²) >= 11 is 1.88. The number of thioether (sulfide) groups is 1. The van der Waals surface area contributed by atoms with Gasteiger partial charge in [-0.1, -0.05) is 0 Å². The second-order valence-corrected chi connectivity index (χ2v) is 4.26. The van der Waals surface area contributed by atoms with E-state index < -0.39 is 0 Å². The SMILES string of the molecule is CSCCC(C)NCCC(C)O. The highest BCUT2D eigenvalue weighted by Crippen LogP contribution is 1.99. The first-order valence-corrected chi connectivity index (χ1v) is 5.96. The van der Waals surface area contributed by atoms with Gasteiger partial charge in [-0.25, -0.2) is 0 Å². The summed E-state index contributed by atoms with van der Waals surface area (Å²) in [7, 11) is 0. The zero-order valence-corrected chi connectivity index (χ0v) is 9.16. The molecule has 2 unspecified atom stereocenters. The Morgan fingerprint density at radius 1 is 1.33 bits per heavy atom. The van der Waals surface area contributed by atoms with Crippen LogP contribution < -0.4 is 5.32 Å². The van der Waals surface area contributed by atoms with E-state index in [4.69, 9.17) is 5.11 Å². The van der Waals surface area contributed by atoms with E-state index in [9.17, 15) is 0 Å². The van der Waals surface area contributed by atoms with Crippen molar-refractivity contribution < 1.29 is 5.11 Å². The highest BCUT2D eigenvalue weighted by molar-refractivity contribution is 7.98. The van der Waals surface area contributed by atoms with E-state index in [1.807, 2.05) is 18.7 Å². The number of hydrogen-bond donors (Lipinski definition) is 2. The quantitative estimate of drug-likeness (QED) is 0.639. The summed E-state index contributed by atoms with van der Waals surface area (Å²) in [6, 6.07) is 0.580. The molecule has 3 heteroatoms. The van der Waals surface area contributed by atoms with Gasteiger partial charge in [0.25, 0.3) is 0 Å². The van der Waals surface area contributed by atoms with Crippen LogP contribution in [0.2, 0.25) is 0 Å². The van der Waals surface area contributed by atoms with Crippen molar-refractivity contribution in [3.8, 4) is 0 Å². The van der Waals surface area contributed by atoms with E-state index in [-0.39, 0.29) is 6.10 Å². The Kier molecular flexibility index (Phi) is 8.07. The molecular weight excluding hydrogens is 170 g/mol. The predicted octanol–water partition coefficient (Wildman–Crippen LogP) is 1.49. The molecule has 0 spiro atoms. The molecule has 0 aromatic rings. The van der Waals surface area contributed by atoms with E-state index in [0.29, 0.717) is 6.04 Å². The fourth-order valence-corrected chi connectivity index (χ4v) is 1.52. The third-order valence-electron chi connectivity index (χ3n) is 1.81. The van der Waals surface area contributed by atoms with Crippen molar-refractivity contribution in [2.45, 2.75) is 38.8 Å². The lowest BCUT2D eigenvalue weighted by atomic mass is 10.2. The van der Waals surface area contributed by atoms with Gasteiger partial charge in [0, 0.05) is 6.04 Å². The van der Waals surface area contributed by atoms with Crippen LogP contribution in [0.15, 0.2) is 0 Å². The van der Waals surface area contributed by atoms with Crippen LogP contribution in [0.4, 0.5) is 0 Å². The van der Waals surface area contributed by atoms with E-state index in [1.54, 1.807) is 0 Å². The van der Waals surface area contributed by atoms with Crippen LogP contribution >= 0.6 is 11.8 Å². The van der Waals surface area contributed by atoms with Gasteiger partial charge in [0.1, 0.15) is 0 Å². The fourth-order valence-electron chi connectivity index (χ4n) is 0.935. The first-order valence-electron chi connectivity index (χ1n) is 4.57. The standard InChI is InChI=1S/C9H21NOS/c1-8(5-7-12-3)10-6-4-9(2)11/h8-11H,4-7H2,1-3H3. The van der Waals surface area contributed by atoms with Crippen LogP contribution in [0.5, 0.6) is 0 Å². The maximum atomic E-state index is 9.00. The zero-order chi connectivity index (χ0) is 9.40. The molecule has 0 rings (SSSR count). The van der Waals surface area contributed by atoms with Gasteiger partial charge in [-0.05, 0) is 45.2 Å². The van der Waals surface area contributed by atoms with Gasteiger partial charge in [0.15, 0.2) is 0 Å². The molecule has 0 aliphatic rings. The number of aliphatic hydroxyl groups is 1. The normalized spacial score (nSPS) is 16.0. The minimum atomic E-state index is -0.176. The Bertz CT molecular complexity index is 98.5. The monoisotopic (exact) mass is 191 g/mol. The van der Waals surface area contributed by atoms with Crippen molar-refractivity contribution in [1.29, 1.82) is 0 Å². The smallest absolute Gasteiger partial charge is 0.0524 e. The number of hydrogen-bond acceptors (Lipinski definition) is 3. The molecule has 0 radical (unpaired) electrons. The van der Waals surface area contributed by atoms with Gasteiger partial charge < -0.3 is 10.4 Å². The lowest BCUT2D eigenvalue weighted by molar-refractivity contribution is 0.182. The summed E-state index contributed by atoms with van der Waals surface area (Å²) in [5.74, 6) is 1.21. The van der Waals surface area contributed by atoms with Gasteiger partial charge in [0.2, 0.25) is 0 Å². The van der Waals surface area contributed by atoms with Crippen molar-refractivity contribution >= 4 is 11.8 Å². The first-order chi connectivity index (χ1) is 5.66. The Hall–Kier alpha value is 0.270. The van der Waals surface area contributed by atoms with Gasteiger partial charge in [0.05, 0.1) is 6.10 Å². The van der Waals surface area contributed by atoms with Gasteiger partial charge in [-0.2, -0.15) is 11.8 Å². The first kappa shape index (κ1) is 12.3. The lowest BCUT2D eigenvalue weighted by Gasteiger charge is -2.13. The summed E-state index contributed by atoms with van der Waals surface area (Å²) in [6.45, 7) is 4.94. The van der Waals surface area contributed by atoms with Gasteiger partial charge in [-0.3, -0.25) is 0 Å². The van der Waals surface area contributed by atoms with E-state index in [1.165, 1.54) is 12.2 Å². The average Bonchev–Trinajstić information content (AvgIpc) is 2.00. The van der Waals surface area contributed by atoms with E-state index >= 15 is 0 Å². The number of aliphatic hydroxyl groups excluding tert-OH is 1. The Morgan fingerprint density at radius 3 is 2.50 bits per heavy atom. The average molecular weight is 191 g/mol. The van der Waals surface area contributed by atoms with Gasteiger partial charge in [-0.15, -0.1) is 0 Å². The highest BCUT2D eigenvalue weighted by atomic mass is 32.2. The third-order valence-corrected chi connectivity index (χ3v) is 2.45. The minimum absolute atomic E-state index is 0.176. The second-order valence-electron chi connectivity index (χ2n) is 3.27. The zero-order valence-electron chi connectivity index (χ0n) is 8.34. The molecule has 2 N–H and O–H groups in total. The molecule has 0 aliphatic heterocycles. The highest BCUT2D eigenvalue weighted by Gasteiger charge is 2.00. The fraction of sp³-hybridized carbons (Fsp3) is 1.00. The molecule has 0 aromatic heterocycles. The van der Waals surface area contributed by atoms with Crippen molar-refractivity contribution in [3.63, 3.8) is 0 Å². The number of nitrogens with one attached hydrogen (secondary N) is 1. The molecule has 0 amide bonds. The van der Waals surface area contributed by atoms with E-state index in [2.05, 4.69) is 18.5 Å². The largest absolute Gasteiger partial charge is 0.393 e. The molecule has 2 nitrogen and oxygen atoms in total. The summed E-state index contributed by atoms with van der Waals surface area (Å²) in [4.78, 5) is 0. The van der Waals surface area contributed by atoms with Crippen LogP contribution in [0.25, 0.3) is 0 Å². The minimum Gasteiger partial charge on any atom is -0.393 e. The Labute approximate surface area is 80.1 Å². The predicted molar refractivity (Wildman–Crippen MR) is 56.8 cm³/mol. The van der Waals surface area contributed by atoms with E-state index in [0.717, 1.165) is 13.0 Å². The maximum absolute atomic E-state index is 9.00. The molecule has 0 saturated carbocycles. The Morgan fingerprint density at radius 2 is 2.00 bits per heavy atom. The molecule has 12 heavy (non-hydrogen) atoms. The summed E-state index contributed by atoms with van der Waals surface area (Å²) in [5, 5.41) is 12.4. The topological polar surface area (TPSA) is 32.3 Å². The van der Waals surface area contributed by atoms with Crippen LogP contribution in [-0.2, 0) is 0 Å². The van der Waals surface area contributed by atoms with Crippen LogP contribution in [-0.4, -0.2) is 35.8 Å². The summed E-state index contributed by atoms with van der Waals surface area (Å²) in [6.07, 6.45) is 4.01. The molecule has 0 saturated heterocycles. The van der Waals surface area contributed by atoms with Crippen molar-refractivity contribution in [3.05, 3.63) is 0 Å². The molecule has 2 atom stereocenters. The van der Waals surface area contributed by atoms with Crippen LogP contribution in [0, 0.1) is 0 Å². The summed E-state index contributed by atoms with van der Waals surface area (Å²) in [5.41, 5.74) is 0. The molecular formula is C9H21NOS. The third kappa shape index (κ3) is 8.37.